The van der Waals surface area contributed by atoms with Crippen LogP contribution in [0.25, 0.3) is 0 Å². The molecule has 0 bridgehead atoms. The summed E-state index contributed by atoms with van der Waals surface area (Å²) in [5, 5.41) is 2.94. The quantitative estimate of drug-likeness (QED) is 0.794. The van der Waals surface area contributed by atoms with Crippen LogP contribution in [-0.2, 0) is 4.79 Å². The molecule has 1 amide bonds. The van der Waals surface area contributed by atoms with E-state index in [2.05, 4.69) is 12.2 Å². The van der Waals surface area contributed by atoms with Gasteiger partial charge in [0, 0.05) is 0 Å². The lowest BCUT2D eigenvalue weighted by molar-refractivity contribution is -0.123. The molecule has 0 aliphatic heterocycles. The number of nitrogens with two attached hydrogens (primary N) is 1. The third-order valence-electron chi connectivity index (χ3n) is 3.18. The molecular weight excluding hydrogens is 240 g/mol. The molecular formula is C15H24N2O2. The van der Waals surface area contributed by atoms with Crippen molar-refractivity contribution in [2.45, 2.75) is 45.2 Å². The van der Waals surface area contributed by atoms with Crippen molar-refractivity contribution < 1.29 is 9.53 Å². The van der Waals surface area contributed by atoms with Crippen LogP contribution in [0.1, 0.15) is 44.7 Å². The number of hydrogen-bond acceptors (Lipinski definition) is 3. The Balaban J connectivity index is 2.53. The van der Waals surface area contributed by atoms with E-state index in [1.165, 1.54) is 0 Å². The Labute approximate surface area is 115 Å². The van der Waals surface area contributed by atoms with E-state index < -0.39 is 6.04 Å². The summed E-state index contributed by atoms with van der Waals surface area (Å²) in [5.41, 5.74) is 6.88. The van der Waals surface area contributed by atoms with Crippen molar-refractivity contribution in [2.24, 2.45) is 5.73 Å². The van der Waals surface area contributed by atoms with Crippen LogP contribution >= 0.6 is 0 Å². The zero-order valence-corrected chi connectivity index (χ0v) is 12.0. The average molecular weight is 264 g/mol. The predicted octanol–water partition coefficient (Wildman–Crippen LogP) is 2.39. The lowest BCUT2D eigenvalue weighted by atomic mass is 10.1. The van der Waals surface area contributed by atoms with Gasteiger partial charge in [0.2, 0.25) is 5.91 Å². The number of amides is 1. The maximum absolute atomic E-state index is 11.9. The van der Waals surface area contributed by atoms with Gasteiger partial charge in [-0.1, -0.05) is 31.9 Å². The summed E-state index contributed by atoms with van der Waals surface area (Å²) >= 11 is 0. The molecule has 2 atom stereocenters. The van der Waals surface area contributed by atoms with Crippen LogP contribution in [0.4, 0.5) is 0 Å². The van der Waals surface area contributed by atoms with E-state index in [9.17, 15) is 4.79 Å². The molecule has 4 heteroatoms. The second kappa shape index (κ2) is 7.79. The minimum Gasteiger partial charge on any atom is -0.497 e. The summed E-state index contributed by atoms with van der Waals surface area (Å²) in [5.74, 6) is 0.721. The molecule has 19 heavy (non-hydrogen) atoms. The minimum atomic E-state index is -0.416. The molecule has 0 saturated carbocycles. The summed E-state index contributed by atoms with van der Waals surface area (Å²) in [6.45, 7) is 4.04. The molecule has 4 nitrogen and oxygen atoms in total. The molecule has 0 heterocycles. The number of hydrogen-bond donors (Lipinski definition) is 2. The smallest absolute Gasteiger partial charge is 0.237 e. The Hall–Kier alpha value is -1.55. The molecule has 1 aromatic carbocycles. The first-order chi connectivity index (χ1) is 9.08. The minimum absolute atomic E-state index is 0.0499. The number of ether oxygens (including phenoxy) is 1. The average Bonchev–Trinajstić information content (AvgIpc) is 2.44. The number of unbranched alkanes of at least 4 members (excludes halogenated alkanes) is 1. The Morgan fingerprint density at radius 1 is 1.37 bits per heavy atom. The van der Waals surface area contributed by atoms with Gasteiger partial charge in [-0.05, 0) is 31.0 Å². The summed E-state index contributed by atoms with van der Waals surface area (Å²) in [6, 6.07) is 7.19. The Morgan fingerprint density at radius 2 is 2.00 bits per heavy atom. The van der Waals surface area contributed by atoms with Crippen molar-refractivity contribution in [2.75, 3.05) is 7.11 Å². The van der Waals surface area contributed by atoms with Gasteiger partial charge in [-0.25, -0.2) is 0 Å². The van der Waals surface area contributed by atoms with E-state index in [-0.39, 0.29) is 11.9 Å². The van der Waals surface area contributed by atoms with Gasteiger partial charge in [-0.15, -0.1) is 0 Å². The van der Waals surface area contributed by atoms with Gasteiger partial charge in [0.05, 0.1) is 19.2 Å². The SMILES string of the molecule is CCCCC(N)C(=O)N[C@H](C)c1ccc(OC)cc1. The number of benzene rings is 1. The number of nitrogens with one attached hydrogen (secondary N) is 1. The van der Waals surface area contributed by atoms with Crippen LogP contribution in [0.3, 0.4) is 0 Å². The van der Waals surface area contributed by atoms with Crippen molar-refractivity contribution in [3.8, 4) is 5.75 Å². The highest BCUT2D eigenvalue weighted by Gasteiger charge is 2.15. The van der Waals surface area contributed by atoms with Crippen molar-refractivity contribution in [1.82, 2.24) is 5.32 Å². The van der Waals surface area contributed by atoms with E-state index in [1.54, 1.807) is 7.11 Å². The number of carbonyl (C=O) groups excluding carboxylic acids is 1. The standard InChI is InChI=1S/C15H24N2O2/c1-4-5-6-14(16)15(18)17-11(2)12-7-9-13(19-3)10-8-12/h7-11,14H,4-6,16H2,1-3H3,(H,17,18)/t11-,14?/m1/s1. The third kappa shape index (κ3) is 4.91. The monoisotopic (exact) mass is 264 g/mol. The van der Waals surface area contributed by atoms with Crippen molar-refractivity contribution in [3.63, 3.8) is 0 Å². The van der Waals surface area contributed by atoms with Crippen LogP contribution in [0.2, 0.25) is 0 Å². The molecule has 106 valence electrons. The maximum atomic E-state index is 11.9. The van der Waals surface area contributed by atoms with Crippen molar-refractivity contribution in [1.29, 1.82) is 0 Å². The Kier molecular flexibility index (Phi) is 6.36. The lowest BCUT2D eigenvalue weighted by Gasteiger charge is -2.18. The van der Waals surface area contributed by atoms with Crippen molar-refractivity contribution in [3.05, 3.63) is 29.8 Å². The first-order valence-electron chi connectivity index (χ1n) is 6.78. The van der Waals surface area contributed by atoms with E-state index in [0.29, 0.717) is 0 Å². The van der Waals surface area contributed by atoms with Gasteiger partial charge in [-0.3, -0.25) is 4.79 Å². The van der Waals surface area contributed by atoms with Gasteiger partial charge in [0.25, 0.3) is 0 Å². The molecule has 0 aromatic heterocycles. The molecule has 1 unspecified atom stereocenters. The first kappa shape index (κ1) is 15.5. The maximum Gasteiger partial charge on any atom is 0.237 e. The van der Waals surface area contributed by atoms with Crippen LogP contribution in [-0.4, -0.2) is 19.1 Å². The molecule has 0 radical (unpaired) electrons. The summed E-state index contributed by atoms with van der Waals surface area (Å²) < 4.78 is 5.11. The first-order valence-corrected chi connectivity index (χ1v) is 6.78. The van der Waals surface area contributed by atoms with Crippen LogP contribution in [0.15, 0.2) is 24.3 Å². The van der Waals surface area contributed by atoms with Crippen molar-refractivity contribution >= 4 is 5.91 Å². The summed E-state index contributed by atoms with van der Waals surface area (Å²) in [4.78, 5) is 11.9. The Bertz CT molecular complexity index is 390. The van der Waals surface area contributed by atoms with Crippen LogP contribution < -0.4 is 15.8 Å². The molecule has 1 rings (SSSR count). The van der Waals surface area contributed by atoms with E-state index in [0.717, 1.165) is 30.6 Å². The highest BCUT2D eigenvalue weighted by molar-refractivity contribution is 5.81. The van der Waals surface area contributed by atoms with E-state index >= 15 is 0 Å². The fourth-order valence-electron chi connectivity index (χ4n) is 1.85. The normalized spacial score (nSPS) is 13.7. The zero-order valence-electron chi connectivity index (χ0n) is 12.0. The third-order valence-corrected chi connectivity index (χ3v) is 3.18. The summed E-state index contributed by atoms with van der Waals surface area (Å²) in [6.07, 6.45) is 2.76. The largest absolute Gasteiger partial charge is 0.497 e. The van der Waals surface area contributed by atoms with Gasteiger partial charge in [0.15, 0.2) is 0 Å². The molecule has 0 aliphatic rings. The number of carbonyl (C=O) groups is 1. The summed E-state index contributed by atoms with van der Waals surface area (Å²) in [7, 11) is 1.63. The highest BCUT2D eigenvalue weighted by atomic mass is 16.5. The lowest BCUT2D eigenvalue weighted by Crippen LogP contribution is -2.41. The van der Waals surface area contributed by atoms with E-state index in [1.807, 2.05) is 31.2 Å². The van der Waals surface area contributed by atoms with E-state index in [4.69, 9.17) is 10.5 Å². The van der Waals surface area contributed by atoms with Gasteiger partial charge in [0.1, 0.15) is 5.75 Å². The van der Waals surface area contributed by atoms with Gasteiger partial charge in [-0.2, -0.15) is 0 Å². The molecule has 1 aromatic rings. The molecule has 0 aliphatic carbocycles. The molecule has 3 N–H and O–H groups in total. The van der Waals surface area contributed by atoms with Gasteiger partial charge < -0.3 is 15.8 Å². The van der Waals surface area contributed by atoms with Gasteiger partial charge >= 0.3 is 0 Å². The van der Waals surface area contributed by atoms with Crippen LogP contribution in [0.5, 0.6) is 5.75 Å². The van der Waals surface area contributed by atoms with Crippen LogP contribution in [0, 0.1) is 0 Å². The number of rotatable bonds is 7. The fraction of sp³-hybridized carbons (Fsp3) is 0.533. The second-order valence-corrected chi connectivity index (χ2v) is 4.75. The number of methoxy groups -OCH3 is 1. The fourth-order valence-corrected chi connectivity index (χ4v) is 1.85. The molecule has 0 spiro atoms. The Morgan fingerprint density at radius 3 is 2.53 bits per heavy atom. The predicted molar refractivity (Wildman–Crippen MR) is 77.1 cm³/mol. The highest BCUT2D eigenvalue weighted by Crippen LogP contribution is 2.17. The topological polar surface area (TPSA) is 64.4 Å². The second-order valence-electron chi connectivity index (χ2n) is 4.75. The molecule has 0 fully saturated rings. The molecule has 0 saturated heterocycles. The zero-order chi connectivity index (χ0) is 14.3.